The van der Waals surface area contributed by atoms with Crippen LogP contribution in [0.15, 0.2) is 24.4 Å². The molecule has 19 heavy (non-hydrogen) atoms. The van der Waals surface area contributed by atoms with Crippen molar-refractivity contribution in [1.82, 2.24) is 15.0 Å². The molecule has 0 saturated carbocycles. The van der Waals surface area contributed by atoms with Gasteiger partial charge in [-0.15, -0.1) is 16.7 Å². The number of rotatable bonds is 3. The maximum Gasteiger partial charge on any atom is 0.416 e. The molecule has 1 heterocycles. The number of benzene rings is 1. The molecule has 2 aromatic rings. The quantitative estimate of drug-likeness (QED) is 0.809. The Balaban J connectivity index is 2.35. The van der Waals surface area contributed by atoms with Crippen molar-refractivity contribution in [3.63, 3.8) is 0 Å². The molecule has 1 aromatic heterocycles. The fourth-order valence-corrected chi connectivity index (χ4v) is 1.96. The monoisotopic (exact) mass is 309 g/mol. The van der Waals surface area contributed by atoms with Crippen LogP contribution in [-0.2, 0) is 12.6 Å². The first-order valence-corrected chi connectivity index (χ1v) is 6.17. The van der Waals surface area contributed by atoms with E-state index in [0.717, 1.165) is 12.1 Å². The molecule has 0 aliphatic carbocycles. The third-order valence-electron chi connectivity index (χ3n) is 2.41. The Kier molecular flexibility index (Phi) is 4.01. The minimum atomic E-state index is -4.42. The lowest BCUT2D eigenvalue weighted by Gasteiger charge is -2.09. The largest absolute Gasteiger partial charge is 0.416 e. The number of halogens is 5. The fraction of sp³-hybridized carbons (Fsp3) is 0.273. The van der Waals surface area contributed by atoms with Crippen LogP contribution in [0, 0.1) is 0 Å². The van der Waals surface area contributed by atoms with Crippen molar-refractivity contribution in [3.05, 3.63) is 40.7 Å². The summed E-state index contributed by atoms with van der Waals surface area (Å²) in [6.45, 7) is 0. The maximum atomic E-state index is 12.5. The molecule has 2 rings (SSSR count). The lowest BCUT2D eigenvalue weighted by atomic mass is 10.2. The Bertz CT molecular complexity index is 581. The fourth-order valence-electron chi connectivity index (χ4n) is 1.50. The van der Waals surface area contributed by atoms with Gasteiger partial charge in [0.05, 0.1) is 28.2 Å². The van der Waals surface area contributed by atoms with Gasteiger partial charge in [-0.2, -0.15) is 13.2 Å². The second kappa shape index (κ2) is 5.38. The number of aryl methyl sites for hydroxylation is 1. The van der Waals surface area contributed by atoms with Crippen LogP contribution in [0.25, 0.3) is 5.69 Å². The zero-order valence-electron chi connectivity index (χ0n) is 9.46. The van der Waals surface area contributed by atoms with Gasteiger partial charge in [0.15, 0.2) is 0 Å². The van der Waals surface area contributed by atoms with Gasteiger partial charge in [-0.25, -0.2) is 4.68 Å². The summed E-state index contributed by atoms with van der Waals surface area (Å²) in [5.74, 6) is 0.388. The van der Waals surface area contributed by atoms with Crippen molar-refractivity contribution in [2.75, 3.05) is 5.88 Å². The van der Waals surface area contributed by atoms with Gasteiger partial charge in [0.2, 0.25) is 0 Å². The molecule has 0 saturated heterocycles. The highest BCUT2D eigenvalue weighted by atomic mass is 35.5. The molecule has 0 spiro atoms. The summed E-state index contributed by atoms with van der Waals surface area (Å²) in [6, 6.07) is 3.06. The van der Waals surface area contributed by atoms with E-state index in [-0.39, 0.29) is 5.02 Å². The lowest BCUT2D eigenvalue weighted by molar-refractivity contribution is -0.137. The summed E-state index contributed by atoms with van der Waals surface area (Å²) < 4.78 is 38.8. The Morgan fingerprint density at radius 3 is 2.58 bits per heavy atom. The van der Waals surface area contributed by atoms with Crippen LogP contribution in [0.3, 0.4) is 0 Å². The Hall–Kier alpha value is -1.27. The van der Waals surface area contributed by atoms with Crippen LogP contribution in [-0.4, -0.2) is 20.9 Å². The van der Waals surface area contributed by atoms with Gasteiger partial charge in [-0.3, -0.25) is 0 Å². The van der Waals surface area contributed by atoms with E-state index in [2.05, 4.69) is 10.3 Å². The van der Waals surface area contributed by atoms with Crippen molar-refractivity contribution in [2.24, 2.45) is 0 Å². The summed E-state index contributed by atoms with van der Waals surface area (Å²) in [5, 5.41) is 7.60. The highest BCUT2D eigenvalue weighted by molar-refractivity contribution is 6.32. The van der Waals surface area contributed by atoms with Gasteiger partial charge in [-0.1, -0.05) is 16.8 Å². The van der Waals surface area contributed by atoms with E-state index in [1.54, 1.807) is 6.20 Å². The average Bonchev–Trinajstić information content (AvgIpc) is 2.76. The normalized spacial score (nSPS) is 11.8. The van der Waals surface area contributed by atoms with E-state index >= 15 is 0 Å². The van der Waals surface area contributed by atoms with Crippen molar-refractivity contribution in [3.8, 4) is 5.69 Å². The zero-order valence-corrected chi connectivity index (χ0v) is 11.0. The van der Waals surface area contributed by atoms with E-state index in [9.17, 15) is 13.2 Å². The predicted octanol–water partition coefficient (Wildman–Crippen LogP) is 3.72. The molecular weight excluding hydrogens is 302 g/mol. The third kappa shape index (κ3) is 3.19. The van der Waals surface area contributed by atoms with Crippen LogP contribution in [0.5, 0.6) is 0 Å². The van der Waals surface area contributed by atoms with Gasteiger partial charge >= 0.3 is 6.18 Å². The van der Waals surface area contributed by atoms with E-state index in [1.807, 2.05) is 0 Å². The molecule has 1 aromatic carbocycles. The van der Waals surface area contributed by atoms with Gasteiger partial charge in [-0.05, 0) is 18.2 Å². The topological polar surface area (TPSA) is 30.7 Å². The Labute approximate surface area is 116 Å². The summed E-state index contributed by atoms with van der Waals surface area (Å²) in [5.41, 5.74) is 0.177. The molecule has 0 amide bonds. The van der Waals surface area contributed by atoms with Crippen LogP contribution in [0.1, 0.15) is 11.3 Å². The molecule has 3 nitrogen and oxygen atoms in total. The molecule has 0 radical (unpaired) electrons. The van der Waals surface area contributed by atoms with Crippen molar-refractivity contribution in [2.45, 2.75) is 12.6 Å². The lowest BCUT2D eigenvalue weighted by Crippen LogP contribution is -2.06. The number of nitrogens with zero attached hydrogens (tertiary/aromatic N) is 3. The molecule has 0 atom stereocenters. The number of alkyl halides is 4. The Morgan fingerprint density at radius 1 is 1.26 bits per heavy atom. The first-order valence-electron chi connectivity index (χ1n) is 5.26. The van der Waals surface area contributed by atoms with Gasteiger partial charge < -0.3 is 0 Å². The second-order valence-corrected chi connectivity index (χ2v) is 4.54. The molecule has 102 valence electrons. The number of hydrogen-bond donors (Lipinski definition) is 0. The summed E-state index contributed by atoms with van der Waals surface area (Å²) in [7, 11) is 0. The van der Waals surface area contributed by atoms with Crippen LogP contribution >= 0.6 is 23.2 Å². The maximum absolute atomic E-state index is 12.5. The molecule has 0 aliphatic rings. The van der Waals surface area contributed by atoms with Crippen LogP contribution < -0.4 is 0 Å². The summed E-state index contributed by atoms with van der Waals surface area (Å²) >= 11 is 11.4. The molecule has 0 bridgehead atoms. The van der Waals surface area contributed by atoms with Gasteiger partial charge in [0, 0.05) is 12.3 Å². The van der Waals surface area contributed by atoms with Crippen LogP contribution in [0.4, 0.5) is 13.2 Å². The van der Waals surface area contributed by atoms with Crippen molar-refractivity contribution < 1.29 is 13.2 Å². The molecule has 0 aliphatic heterocycles. The first-order chi connectivity index (χ1) is 8.91. The first kappa shape index (κ1) is 14.1. The minimum absolute atomic E-state index is 0.0443. The van der Waals surface area contributed by atoms with E-state index in [1.165, 1.54) is 10.7 Å². The van der Waals surface area contributed by atoms with Gasteiger partial charge in [0.25, 0.3) is 0 Å². The summed E-state index contributed by atoms with van der Waals surface area (Å²) in [6.07, 6.45) is -2.31. The van der Waals surface area contributed by atoms with Crippen LogP contribution in [0.2, 0.25) is 5.02 Å². The molecule has 0 N–H and O–H groups in total. The van der Waals surface area contributed by atoms with Gasteiger partial charge in [0.1, 0.15) is 0 Å². The molecule has 8 heteroatoms. The van der Waals surface area contributed by atoms with E-state index in [0.29, 0.717) is 23.7 Å². The average molecular weight is 310 g/mol. The van der Waals surface area contributed by atoms with Crippen molar-refractivity contribution in [1.29, 1.82) is 0 Å². The van der Waals surface area contributed by atoms with E-state index < -0.39 is 11.7 Å². The second-order valence-electron chi connectivity index (χ2n) is 3.76. The molecule has 0 fully saturated rings. The van der Waals surface area contributed by atoms with E-state index in [4.69, 9.17) is 23.2 Å². The zero-order chi connectivity index (χ0) is 14.0. The highest BCUT2D eigenvalue weighted by Crippen LogP contribution is 2.32. The predicted molar refractivity (Wildman–Crippen MR) is 65.8 cm³/mol. The smallest absolute Gasteiger partial charge is 0.219 e. The molecule has 0 unspecified atom stereocenters. The number of aromatic nitrogens is 3. The summed E-state index contributed by atoms with van der Waals surface area (Å²) in [4.78, 5) is 0. The SMILES string of the molecule is FC(F)(F)c1ccc(-n2cc(CCCl)nn2)c(Cl)c1. The standard InChI is InChI=1S/C11H8Cl2F3N3/c12-4-3-8-6-19(18-17-8)10-2-1-7(5-9(10)13)11(14,15)16/h1-2,5-6H,3-4H2. The minimum Gasteiger partial charge on any atom is -0.219 e. The van der Waals surface area contributed by atoms with Crippen molar-refractivity contribution >= 4 is 23.2 Å². The Morgan fingerprint density at radius 2 is 2.00 bits per heavy atom. The third-order valence-corrected chi connectivity index (χ3v) is 2.91. The molecular formula is C11H8Cl2F3N3. The highest BCUT2D eigenvalue weighted by Gasteiger charge is 2.31. The number of hydrogen-bond acceptors (Lipinski definition) is 2.